The van der Waals surface area contributed by atoms with E-state index < -0.39 is 0 Å². The highest BCUT2D eigenvalue weighted by Crippen LogP contribution is 2.35. The van der Waals surface area contributed by atoms with E-state index in [9.17, 15) is 0 Å². The van der Waals surface area contributed by atoms with Gasteiger partial charge in [0.25, 0.3) is 0 Å². The van der Waals surface area contributed by atoms with Gasteiger partial charge in [0.1, 0.15) is 5.82 Å². The summed E-state index contributed by atoms with van der Waals surface area (Å²) in [5.41, 5.74) is 0.858. The van der Waals surface area contributed by atoms with E-state index in [-0.39, 0.29) is 0 Å². The molecule has 1 aromatic heterocycles. The number of likely N-dealkylation sites (tertiary alicyclic amines) is 1. The molecule has 7 nitrogen and oxygen atoms in total. The molecule has 2 fully saturated rings. The number of piperidine rings is 1. The largest absolute Gasteiger partial charge is 0.493 e. The van der Waals surface area contributed by atoms with E-state index in [1.54, 1.807) is 14.2 Å². The first kappa shape index (κ1) is 18.1. The topological polar surface area (TPSA) is 71.5 Å². The summed E-state index contributed by atoms with van der Waals surface area (Å²) < 4.78 is 10.9. The molecule has 1 aromatic carbocycles. The lowest BCUT2D eigenvalue weighted by Crippen LogP contribution is -2.33. The van der Waals surface area contributed by atoms with Gasteiger partial charge in [-0.25, -0.2) is 4.98 Å². The fourth-order valence-electron chi connectivity index (χ4n) is 3.57. The summed E-state index contributed by atoms with van der Waals surface area (Å²) in [6.07, 6.45) is 4.81. The van der Waals surface area contributed by atoms with E-state index in [0.717, 1.165) is 36.4 Å². The van der Waals surface area contributed by atoms with Crippen molar-refractivity contribution in [2.75, 3.05) is 51.5 Å². The van der Waals surface area contributed by atoms with E-state index in [2.05, 4.69) is 22.6 Å². The molecule has 0 unspecified atom stereocenters. The Morgan fingerprint density at radius 2 is 1.74 bits per heavy atom. The number of rotatable bonds is 7. The molecule has 0 amide bonds. The second-order valence-corrected chi connectivity index (χ2v) is 7.67. The van der Waals surface area contributed by atoms with Crippen LogP contribution < -0.4 is 20.1 Å². The lowest BCUT2D eigenvalue weighted by molar-refractivity contribution is 0.226. The summed E-state index contributed by atoms with van der Waals surface area (Å²) in [6.45, 7) is 3.25. The molecule has 7 heteroatoms. The van der Waals surface area contributed by atoms with Crippen LogP contribution in [-0.4, -0.2) is 61.8 Å². The molecule has 4 rings (SSSR count). The van der Waals surface area contributed by atoms with Crippen molar-refractivity contribution in [1.82, 2.24) is 14.9 Å². The second kappa shape index (κ2) is 7.76. The Morgan fingerprint density at radius 1 is 1.04 bits per heavy atom. The Kier molecular flexibility index (Phi) is 5.20. The number of ether oxygens (including phenoxy) is 2. The molecule has 2 heterocycles. The summed E-state index contributed by atoms with van der Waals surface area (Å²) in [5.74, 6) is 3.60. The van der Waals surface area contributed by atoms with Gasteiger partial charge in [-0.15, -0.1) is 0 Å². The van der Waals surface area contributed by atoms with Crippen LogP contribution in [0.25, 0.3) is 10.9 Å². The van der Waals surface area contributed by atoms with Crippen molar-refractivity contribution in [2.45, 2.75) is 31.7 Å². The monoisotopic (exact) mass is 371 g/mol. The van der Waals surface area contributed by atoms with Crippen molar-refractivity contribution in [2.24, 2.45) is 5.92 Å². The first-order valence-electron chi connectivity index (χ1n) is 9.79. The predicted octanol–water partition coefficient (Wildman–Crippen LogP) is 2.98. The predicted molar refractivity (Wildman–Crippen MR) is 108 cm³/mol. The highest BCUT2D eigenvalue weighted by atomic mass is 16.5. The lowest BCUT2D eigenvalue weighted by atomic mass is 9.97. The molecule has 0 radical (unpaired) electrons. The number of nitrogens with one attached hydrogen (secondary N) is 2. The lowest BCUT2D eigenvalue weighted by Gasteiger charge is -2.29. The Labute approximate surface area is 160 Å². The Hall–Kier alpha value is -2.28. The van der Waals surface area contributed by atoms with Gasteiger partial charge in [-0.1, -0.05) is 0 Å². The molecule has 2 aliphatic rings. The van der Waals surface area contributed by atoms with Crippen LogP contribution in [0.15, 0.2) is 12.1 Å². The number of aromatic nitrogens is 2. The maximum atomic E-state index is 5.48. The van der Waals surface area contributed by atoms with E-state index in [0.29, 0.717) is 29.4 Å². The van der Waals surface area contributed by atoms with Crippen molar-refractivity contribution in [3.8, 4) is 11.5 Å². The second-order valence-electron chi connectivity index (χ2n) is 7.67. The molecule has 1 aliphatic heterocycles. The third-order valence-corrected chi connectivity index (χ3v) is 5.51. The molecule has 0 spiro atoms. The smallest absolute Gasteiger partial charge is 0.225 e. The van der Waals surface area contributed by atoms with Gasteiger partial charge in [0.2, 0.25) is 5.95 Å². The van der Waals surface area contributed by atoms with Crippen LogP contribution in [0.5, 0.6) is 11.5 Å². The van der Waals surface area contributed by atoms with Gasteiger partial charge in [0.05, 0.1) is 19.7 Å². The van der Waals surface area contributed by atoms with Gasteiger partial charge in [-0.2, -0.15) is 4.98 Å². The Morgan fingerprint density at radius 3 is 2.41 bits per heavy atom. The van der Waals surface area contributed by atoms with E-state index >= 15 is 0 Å². The maximum Gasteiger partial charge on any atom is 0.225 e. The molecule has 1 saturated carbocycles. The third-order valence-electron chi connectivity index (χ3n) is 5.51. The molecular weight excluding hydrogens is 342 g/mol. The zero-order valence-electron chi connectivity index (χ0n) is 16.4. The van der Waals surface area contributed by atoms with Gasteiger partial charge < -0.3 is 25.0 Å². The summed E-state index contributed by atoms with van der Waals surface area (Å²) in [4.78, 5) is 11.9. The van der Waals surface area contributed by atoms with Gasteiger partial charge in [0, 0.05) is 24.0 Å². The standard InChI is InChI=1S/C20H29N5O2/c1-25-8-6-13(7-9-25)12-21-19-15-10-17(26-2)18(27-3)11-16(15)23-20(24-19)22-14-4-5-14/h10-11,13-14H,4-9,12H2,1-3H3,(H2,21,22,23,24). The molecule has 1 aliphatic carbocycles. The number of nitrogens with zero attached hydrogens (tertiary/aromatic N) is 3. The van der Waals surface area contributed by atoms with E-state index in [1.807, 2.05) is 12.1 Å². The minimum absolute atomic E-state index is 0.504. The highest BCUT2D eigenvalue weighted by molar-refractivity contribution is 5.92. The van der Waals surface area contributed by atoms with E-state index in [4.69, 9.17) is 19.4 Å². The van der Waals surface area contributed by atoms with Crippen molar-refractivity contribution in [1.29, 1.82) is 0 Å². The normalized spacial score (nSPS) is 18.5. The first-order chi connectivity index (χ1) is 13.2. The van der Waals surface area contributed by atoms with Gasteiger partial charge in [-0.05, 0) is 57.8 Å². The zero-order chi connectivity index (χ0) is 18.8. The van der Waals surface area contributed by atoms with Gasteiger partial charge >= 0.3 is 0 Å². The molecule has 1 saturated heterocycles. The number of hydrogen-bond donors (Lipinski definition) is 2. The van der Waals surface area contributed by atoms with Gasteiger partial charge in [0.15, 0.2) is 11.5 Å². The highest BCUT2D eigenvalue weighted by Gasteiger charge is 2.23. The minimum Gasteiger partial charge on any atom is -0.493 e. The molecule has 146 valence electrons. The van der Waals surface area contributed by atoms with E-state index in [1.165, 1.54) is 25.7 Å². The summed E-state index contributed by atoms with van der Waals surface area (Å²) in [5, 5.41) is 7.97. The van der Waals surface area contributed by atoms with Crippen LogP contribution in [0.2, 0.25) is 0 Å². The molecule has 27 heavy (non-hydrogen) atoms. The number of hydrogen-bond acceptors (Lipinski definition) is 7. The van der Waals surface area contributed by atoms with Crippen LogP contribution in [0.1, 0.15) is 25.7 Å². The Bertz CT molecular complexity index is 801. The SMILES string of the molecule is COc1cc2nc(NC3CC3)nc(NCC3CCN(C)CC3)c2cc1OC. The van der Waals surface area contributed by atoms with Crippen LogP contribution in [0.4, 0.5) is 11.8 Å². The van der Waals surface area contributed by atoms with Crippen LogP contribution in [0.3, 0.4) is 0 Å². The summed E-state index contributed by atoms with van der Waals surface area (Å²) in [6, 6.07) is 4.39. The van der Waals surface area contributed by atoms with Gasteiger partial charge in [-0.3, -0.25) is 0 Å². The minimum atomic E-state index is 0.504. The fourth-order valence-corrected chi connectivity index (χ4v) is 3.57. The number of fused-ring (bicyclic) bond motifs is 1. The number of anilines is 2. The first-order valence-corrected chi connectivity index (χ1v) is 9.79. The average Bonchev–Trinajstić information content (AvgIpc) is 3.50. The zero-order valence-corrected chi connectivity index (χ0v) is 16.4. The van der Waals surface area contributed by atoms with Crippen LogP contribution in [-0.2, 0) is 0 Å². The molecular formula is C20H29N5O2. The summed E-state index contributed by atoms with van der Waals surface area (Å²) >= 11 is 0. The quantitative estimate of drug-likeness (QED) is 0.775. The summed E-state index contributed by atoms with van der Waals surface area (Å²) in [7, 11) is 5.49. The number of methoxy groups -OCH3 is 2. The Balaban J connectivity index is 1.62. The fraction of sp³-hybridized carbons (Fsp3) is 0.600. The molecule has 0 bridgehead atoms. The van der Waals surface area contributed by atoms with Crippen molar-refractivity contribution in [3.63, 3.8) is 0 Å². The number of benzene rings is 1. The molecule has 0 atom stereocenters. The van der Waals surface area contributed by atoms with Crippen molar-refractivity contribution in [3.05, 3.63) is 12.1 Å². The average molecular weight is 371 g/mol. The van der Waals surface area contributed by atoms with Crippen LogP contribution >= 0.6 is 0 Å². The molecule has 2 N–H and O–H groups in total. The molecule has 2 aromatic rings. The maximum absolute atomic E-state index is 5.48. The third kappa shape index (κ3) is 4.18. The van der Waals surface area contributed by atoms with Crippen LogP contribution in [0, 0.1) is 5.92 Å². The van der Waals surface area contributed by atoms with Crippen molar-refractivity contribution < 1.29 is 9.47 Å². The van der Waals surface area contributed by atoms with Crippen molar-refractivity contribution >= 4 is 22.7 Å².